The van der Waals surface area contributed by atoms with E-state index < -0.39 is 12.0 Å². The van der Waals surface area contributed by atoms with Crippen molar-refractivity contribution in [3.8, 4) is 11.1 Å². The van der Waals surface area contributed by atoms with Crippen LogP contribution in [0.15, 0.2) is 72.8 Å². The molecule has 220 valence electrons. The van der Waals surface area contributed by atoms with Crippen molar-refractivity contribution in [1.82, 2.24) is 10.2 Å². The normalized spacial score (nSPS) is 14.3. The van der Waals surface area contributed by atoms with Crippen molar-refractivity contribution in [2.75, 3.05) is 18.6 Å². The van der Waals surface area contributed by atoms with E-state index in [0.29, 0.717) is 17.7 Å². The number of aryl methyl sites for hydroxylation is 1. The van der Waals surface area contributed by atoms with Gasteiger partial charge in [-0.05, 0) is 84.2 Å². The van der Waals surface area contributed by atoms with Gasteiger partial charge in [0.1, 0.15) is 6.04 Å². The summed E-state index contributed by atoms with van der Waals surface area (Å²) in [7, 11) is 0. The molecule has 1 amide bonds. The minimum atomic E-state index is -1.00. The number of aliphatic carboxylic acids is 1. The van der Waals surface area contributed by atoms with Crippen LogP contribution in [0, 0.1) is 12.8 Å². The molecule has 1 aliphatic carbocycles. The van der Waals surface area contributed by atoms with Gasteiger partial charge in [-0.15, -0.1) is 0 Å². The Morgan fingerprint density at radius 3 is 2.31 bits per heavy atom. The molecule has 5 nitrogen and oxygen atoms in total. The molecule has 4 rings (SSSR count). The van der Waals surface area contributed by atoms with Gasteiger partial charge in [0, 0.05) is 18.7 Å². The van der Waals surface area contributed by atoms with Crippen molar-refractivity contribution in [3.05, 3.63) is 95.1 Å². The maximum absolute atomic E-state index is 13.5. The first-order valence-corrected chi connectivity index (χ1v) is 16.3. The van der Waals surface area contributed by atoms with Crippen LogP contribution in [0.5, 0.6) is 0 Å². The number of carbonyl (C=O) groups excluding carboxylic acids is 1. The average Bonchev–Trinajstić information content (AvgIpc) is 2.99. The fraction of sp³-hybridized carbons (Fsp3) is 0.429. The third kappa shape index (κ3) is 10.1. The van der Waals surface area contributed by atoms with E-state index in [4.69, 9.17) is 0 Å². The van der Waals surface area contributed by atoms with Crippen molar-refractivity contribution in [3.63, 3.8) is 0 Å². The second kappa shape index (κ2) is 17.6. The van der Waals surface area contributed by atoms with Crippen LogP contribution in [0.25, 0.3) is 11.1 Å². The Bertz CT molecular complexity index is 1280. The Kier molecular flexibility index (Phi) is 14.2. The fourth-order valence-corrected chi connectivity index (χ4v) is 6.34. The van der Waals surface area contributed by atoms with Crippen LogP contribution in [0.1, 0.15) is 72.0 Å². The van der Waals surface area contributed by atoms with Gasteiger partial charge in [0.15, 0.2) is 0 Å². The number of nitrogens with one attached hydrogen (secondary N) is 1. The zero-order chi connectivity index (χ0) is 29.0. The molecule has 3 aromatic carbocycles. The molecule has 0 unspecified atom stereocenters. The molecule has 0 aliphatic heterocycles. The maximum atomic E-state index is 13.5. The third-order valence-corrected chi connectivity index (χ3v) is 8.86. The molecule has 1 fully saturated rings. The number of carboxylic acid groups (broad SMARTS) is 1. The molecule has 0 saturated heterocycles. The van der Waals surface area contributed by atoms with Gasteiger partial charge in [-0.3, -0.25) is 9.69 Å². The zero-order valence-corrected chi connectivity index (χ0v) is 25.3. The molecule has 42 heavy (non-hydrogen) atoms. The van der Waals surface area contributed by atoms with Crippen LogP contribution in [0.2, 0.25) is 0 Å². The summed E-state index contributed by atoms with van der Waals surface area (Å²) >= 11 is 1.57. The molecule has 7 heteroatoms. The second-order valence-corrected chi connectivity index (χ2v) is 12.3. The van der Waals surface area contributed by atoms with Crippen LogP contribution >= 0.6 is 11.8 Å². The standard InChI is InChI=1S/C35H44N2O3S.Li.H/c1-26-11-9-10-16-30(26)32-23-29(17-18-31(32)34(38)36-33(35(39)40)20-22-41-2)25-37(24-28-14-7-4-8-15-28)21-19-27-12-5-3-6-13-27;;/h4,7-11,14-18,23,27,33H,3,5-6,12-13,19-22,24-25H2,1-2H3,(H,36,38)(H,39,40);;/t33-;;/m0../s1. The topological polar surface area (TPSA) is 69.6 Å². The van der Waals surface area contributed by atoms with Crippen molar-refractivity contribution in [1.29, 1.82) is 0 Å². The molecule has 1 atom stereocenters. The summed E-state index contributed by atoms with van der Waals surface area (Å²) in [6.45, 7) is 4.75. The zero-order valence-electron chi connectivity index (χ0n) is 24.5. The molecule has 0 bridgehead atoms. The van der Waals surface area contributed by atoms with Gasteiger partial charge in [0.25, 0.3) is 5.91 Å². The number of rotatable bonds is 14. The molecular formula is C35H45LiN2O3S. The molecule has 2 N–H and O–H groups in total. The third-order valence-electron chi connectivity index (χ3n) is 8.21. The minimum absolute atomic E-state index is 0. The first-order chi connectivity index (χ1) is 19.9. The van der Waals surface area contributed by atoms with Crippen LogP contribution in [0.3, 0.4) is 0 Å². The molecular weight excluding hydrogens is 535 g/mol. The SMILES string of the molecule is CSCC[C@H](NC(=O)c1ccc(CN(CCC2CCCCC2)Cc2ccccc2)cc1-c1ccccc1C)C(=O)O.[LiH]. The van der Waals surface area contributed by atoms with Gasteiger partial charge in [-0.2, -0.15) is 11.8 Å². The number of thioether (sulfide) groups is 1. The molecule has 3 aromatic rings. The predicted octanol–water partition coefficient (Wildman–Crippen LogP) is 6.92. The second-order valence-electron chi connectivity index (χ2n) is 11.3. The number of amides is 1. The first-order valence-electron chi connectivity index (χ1n) is 14.9. The van der Waals surface area contributed by atoms with Crippen molar-refractivity contribution in [2.45, 2.75) is 71.0 Å². The van der Waals surface area contributed by atoms with E-state index in [9.17, 15) is 14.7 Å². The Labute approximate surface area is 268 Å². The molecule has 0 aromatic heterocycles. The van der Waals surface area contributed by atoms with Crippen LogP contribution in [0.4, 0.5) is 0 Å². The van der Waals surface area contributed by atoms with E-state index in [0.717, 1.165) is 47.8 Å². The van der Waals surface area contributed by atoms with Crippen LogP contribution < -0.4 is 5.32 Å². The van der Waals surface area contributed by atoms with E-state index in [2.05, 4.69) is 46.6 Å². The summed E-state index contributed by atoms with van der Waals surface area (Å²) in [5, 5.41) is 12.5. The Morgan fingerprint density at radius 2 is 1.62 bits per heavy atom. The summed E-state index contributed by atoms with van der Waals surface area (Å²) < 4.78 is 0. The number of carboxylic acids is 1. The van der Waals surface area contributed by atoms with Crippen molar-refractivity contribution < 1.29 is 14.7 Å². The van der Waals surface area contributed by atoms with Gasteiger partial charge >= 0.3 is 24.8 Å². The summed E-state index contributed by atoms with van der Waals surface area (Å²) in [4.78, 5) is 27.9. The van der Waals surface area contributed by atoms with Gasteiger partial charge in [0.2, 0.25) is 0 Å². The number of nitrogens with zero attached hydrogens (tertiary/aromatic N) is 1. The van der Waals surface area contributed by atoms with Crippen molar-refractivity contribution in [2.24, 2.45) is 5.92 Å². The van der Waals surface area contributed by atoms with E-state index in [-0.39, 0.29) is 24.8 Å². The van der Waals surface area contributed by atoms with Crippen molar-refractivity contribution >= 4 is 42.5 Å². The van der Waals surface area contributed by atoms with E-state index in [1.165, 1.54) is 44.1 Å². The Morgan fingerprint density at radius 1 is 0.929 bits per heavy atom. The quantitative estimate of drug-likeness (QED) is 0.203. The fourth-order valence-electron chi connectivity index (χ4n) is 5.87. The number of hydrogen-bond acceptors (Lipinski definition) is 4. The van der Waals surface area contributed by atoms with E-state index in [1.807, 2.05) is 49.6 Å². The predicted molar refractivity (Wildman–Crippen MR) is 177 cm³/mol. The van der Waals surface area contributed by atoms with Crippen LogP contribution in [-0.4, -0.2) is 65.3 Å². The Hall–Kier alpha value is -2.49. The van der Waals surface area contributed by atoms with E-state index >= 15 is 0 Å². The molecule has 0 heterocycles. The number of carbonyl (C=O) groups is 2. The number of benzene rings is 3. The van der Waals surface area contributed by atoms with Gasteiger partial charge in [-0.1, -0.05) is 92.8 Å². The van der Waals surface area contributed by atoms with Gasteiger partial charge in [-0.25, -0.2) is 4.79 Å². The number of hydrogen-bond donors (Lipinski definition) is 2. The monoisotopic (exact) mass is 580 g/mol. The summed E-state index contributed by atoms with van der Waals surface area (Å²) in [5.41, 5.74) is 5.88. The molecule has 0 radical (unpaired) electrons. The summed E-state index contributed by atoms with van der Waals surface area (Å²) in [6, 6.07) is 23.8. The molecule has 1 aliphatic rings. The van der Waals surface area contributed by atoms with E-state index in [1.54, 1.807) is 11.8 Å². The molecule has 0 spiro atoms. The van der Waals surface area contributed by atoms with Crippen LogP contribution in [-0.2, 0) is 17.9 Å². The van der Waals surface area contributed by atoms with Gasteiger partial charge < -0.3 is 10.4 Å². The van der Waals surface area contributed by atoms with Gasteiger partial charge in [0.05, 0.1) is 0 Å². The summed E-state index contributed by atoms with van der Waals surface area (Å²) in [5.74, 6) is 0.125. The Balaban J connectivity index is 0.00000484. The summed E-state index contributed by atoms with van der Waals surface area (Å²) in [6.07, 6.45) is 10.3. The molecule has 1 saturated carbocycles. The average molecular weight is 581 g/mol. The first kappa shape index (κ1) is 34.0.